The lowest BCUT2D eigenvalue weighted by Crippen LogP contribution is -2.21. The number of H-pyrrole nitrogens is 1. The summed E-state index contributed by atoms with van der Waals surface area (Å²) in [5.41, 5.74) is 1.61. The molecule has 0 aliphatic heterocycles. The number of nitro benzene ring substituents is 1. The molecule has 0 fully saturated rings. The number of non-ortho nitro benzene ring substituents is 1. The minimum absolute atomic E-state index is 0.0384. The Kier molecular flexibility index (Phi) is 4.88. The summed E-state index contributed by atoms with van der Waals surface area (Å²) in [6.45, 7) is 0.140. The second kappa shape index (κ2) is 7.13. The Morgan fingerprint density at radius 1 is 1.22 bits per heavy atom. The Labute approximate surface area is 153 Å². The van der Waals surface area contributed by atoms with Crippen LogP contribution in [0.5, 0.6) is 0 Å². The summed E-state index contributed by atoms with van der Waals surface area (Å²) in [5, 5.41) is 20.5. The lowest BCUT2D eigenvalue weighted by molar-refractivity contribution is -0.384. The van der Waals surface area contributed by atoms with Crippen LogP contribution in [0.4, 0.5) is 11.4 Å². The monoisotopic (exact) mass is 389 g/mol. The number of carbonyl (C=O) groups is 1. The molecule has 0 atom stereocenters. The molecule has 0 radical (unpaired) electrons. The molecule has 10 nitrogen and oxygen atoms in total. The summed E-state index contributed by atoms with van der Waals surface area (Å²) >= 11 is 0. The SMILES string of the molecule is CS(=O)(=O)NCc1ccc(NC(=O)c2n[nH]c3ccc([N+](=O)[O-])cc23)cc1. The van der Waals surface area contributed by atoms with Gasteiger partial charge in [-0.1, -0.05) is 12.1 Å². The average Bonchev–Trinajstić information content (AvgIpc) is 3.03. The Morgan fingerprint density at radius 2 is 1.93 bits per heavy atom. The summed E-state index contributed by atoms with van der Waals surface area (Å²) in [4.78, 5) is 22.8. The molecule has 3 aromatic rings. The quantitative estimate of drug-likeness (QED) is 0.432. The number of hydrogen-bond donors (Lipinski definition) is 3. The van der Waals surface area contributed by atoms with E-state index in [0.717, 1.165) is 11.8 Å². The van der Waals surface area contributed by atoms with E-state index in [4.69, 9.17) is 0 Å². The van der Waals surface area contributed by atoms with Gasteiger partial charge in [-0.3, -0.25) is 20.0 Å². The van der Waals surface area contributed by atoms with Crippen LogP contribution in [0.15, 0.2) is 42.5 Å². The highest BCUT2D eigenvalue weighted by Crippen LogP contribution is 2.23. The van der Waals surface area contributed by atoms with Gasteiger partial charge in [0.25, 0.3) is 11.6 Å². The van der Waals surface area contributed by atoms with Crippen molar-refractivity contribution in [3.05, 3.63) is 63.8 Å². The average molecular weight is 389 g/mol. The number of aromatic nitrogens is 2. The fourth-order valence-corrected chi connectivity index (χ4v) is 2.83. The topological polar surface area (TPSA) is 147 Å². The molecule has 2 aromatic carbocycles. The van der Waals surface area contributed by atoms with Crippen molar-refractivity contribution >= 4 is 38.2 Å². The molecule has 27 heavy (non-hydrogen) atoms. The van der Waals surface area contributed by atoms with Crippen molar-refractivity contribution in [2.24, 2.45) is 0 Å². The molecule has 3 rings (SSSR count). The maximum atomic E-state index is 12.5. The highest BCUT2D eigenvalue weighted by atomic mass is 32.2. The van der Waals surface area contributed by atoms with E-state index in [9.17, 15) is 23.3 Å². The van der Waals surface area contributed by atoms with E-state index < -0.39 is 20.9 Å². The third-order valence-electron chi connectivity index (χ3n) is 3.72. The maximum absolute atomic E-state index is 12.5. The number of fused-ring (bicyclic) bond motifs is 1. The number of nitrogens with one attached hydrogen (secondary N) is 3. The van der Waals surface area contributed by atoms with Crippen LogP contribution in [0, 0.1) is 10.1 Å². The number of nitrogens with zero attached hydrogens (tertiary/aromatic N) is 2. The van der Waals surface area contributed by atoms with Gasteiger partial charge in [-0.15, -0.1) is 0 Å². The van der Waals surface area contributed by atoms with Crippen LogP contribution in [0.3, 0.4) is 0 Å². The Balaban J connectivity index is 1.76. The van der Waals surface area contributed by atoms with Crippen molar-refractivity contribution in [1.29, 1.82) is 0 Å². The van der Waals surface area contributed by atoms with Crippen LogP contribution < -0.4 is 10.0 Å². The van der Waals surface area contributed by atoms with Crippen LogP contribution >= 0.6 is 0 Å². The van der Waals surface area contributed by atoms with Crippen LogP contribution in [0.2, 0.25) is 0 Å². The predicted octanol–water partition coefficient (Wildman–Crippen LogP) is 1.77. The standard InChI is InChI=1S/C16H15N5O5S/c1-27(25,26)17-9-10-2-4-11(5-3-10)18-16(22)15-13-8-12(21(23)24)6-7-14(13)19-20-15/h2-8,17H,9H2,1H3,(H,18,22)(H,19,20). The molecule has 1 aromatic heterocycles. The van der Waals surface area contributed by atoms with Gasteiger partial charge in [-0.25, -0.2) is 13.1 Å². The highest BCUT2D eigenvalue weighted by Gasteiger charge is 2.17. The summed E-state index contributed by atoms with van der Waals surface area (Å²) in [6.07, 6.45) is 1.07. The number of anilines is 1. The lowest BCUT2D eigenvalue weighted by atomic mass is 10.1. The molecule has 1 amide bonds. The van der Waals surface area contributed by atoms with E-state index in [1.807, 2.05) is 0 Å². The molecule has 0 bridgehead atoms. The molecule has 0 aliphatic rings. The van der Waals surface area contributed by atoms with Crippen molar-refractivity contribution in [2.45, 2.75) is 6.54 Å². The fourth-order valence-electron chi connectivity index (χ4n) is 2.40. The highest BCUT2D eigenvalue weighted by molar-refractivity contribution is 7.88. The van der Waals surface area contributed by atoms with Gasteiger partial charge in [0.1, 0.15) is 0 Å². The van der Waals surface area contributed by atoms with E-state index in [-0.39, 0.29) is 17.9 Å². The number of carbonyl (C=O) groups excluding carboxylic acids is 1. The molecule has 3 N–H and O–H groups in total. The van der Waals surface area contributed by atoms with Crippen molar-refractivity contribution in [2.75, 3.05) is 11.6 Å². The number of sulfonamides is 1. The third kappa shape index (κ3) is 4.46. The van der Waals surface area contributed by atoms with E-state index in [1.54, 1.807) is 24.3 Å². The minimum Gasteiger partial charge on any atom is -0.321 e. The Hall–Kier alpha value is -3.31. The van der Waals surface area contributed by atoms with Crippen molar-refractivity contribution in [3.63, 3.8) is 0 Å². The van der Waals surface area contributed by atoms with Gasteiger partial charge in [0.2, 0.25) is 10.0 Å². The number of rotatable bonds is 6. The molecular formula is C16H15N5O5S. The molecule has 0 saturated heterocycles. The molecular weight excluding hydrogens is 374 g/mol. The van der Waals surface area contributed by atoms with E-state index in [1.165, 1.54) is 18.2 Å². The van der Waals surface area contributed by atoms with Gasteiger partial charge < -0.3 is 5.32 Å². The van der Waals surface area contributed by atoms with Gasteiger partial charge in [-0.2, -0.15) is 5.10 Å². The number of nitro groups is 1. The molecule has 0 spiro atoms. The Morgan fingerprint density at radius 3 is 2.56 bits per heavy atom. The minimum atomic E-state index is -3.29. The number of hydrogen-bond acceptors (Lipinski definition) is 6. The second-order valence-corrected chi connectivity index (χ2v) is 7.64. The first kappa shape index (κ1) is 18.5. The molecule has 0 saturated carbocycles. The van der Waals surface area contributed by atoms with E-state index in [0.29, 0.717) is 16.6 Å². The largest absolute Gasteiger partial charge is 0.321 e. The lowest BCUT2D eigenvalue weighted by Gasteiger charge is -2.06. The van der Waals surface area contributed by atoms with Crippen molar-refractivity contribution in [3.8, 4) is 0 Å². The zero-order valence-corrected chi connectivity index (χ0v) is 14.9. The van der Waals surface area contributed by atoms with E-state index in [2.05, 4.69) is 20.2 Å². The van der Waals surface area contributed by atoms with Gasteiger partial charge in [-0.05, 0) is 23.8 Å². The third-order valence-corrected chi connectivity index (χ3v) is 4.39. The normalized spacial score (nSPS) is 11.4. The number of amides is 1. The van der Waals surface area contributed by atoms with Crippen LogP contribution in [0.25, 0.3) is 10.9 Å². The van der Waals surface area contributed by atoms with Crippen LogP contribution in [-0.2, 0) is 16.6 Å². The molecule has 1 heterocycles. The maximum Gasteiger partial charge on any atom is 0.276 e. The Bertz CT molecular complexity index is 1120. The van der Waals surface area contributed by atoms with Gasteiger partial charge in [0.15, 0.2) is 5.69 Å². The first-order chi connectivity index (χ1) is 12.7. The van der Waals surface area contributed by atoms with Crippen molar-refractivity contribution < 1.29 is 18.1 Å². The van der Waals surface area contributed by atoms with Crippen LogP contribution in [-0.4, -0.2) is 35.7 Å². The zero-order valence-electron chi connectivity index (χ0n) is 14.1. The van der Waals surface area contributed by atoms with Gasteiger partial charge in [0.05, 0.1) is 16.7 Å². The number of benzene rings is 2. The first-order valence-corrected chi connectivity index (χ1v) is 9.59. The smallest absolute Gasteiger partial charge is 0.276 e. The summed E-state index contributed by atoms with van der Waals surface area (Å²) in [5.74, 6) is -0.524. The van der Waals surface area contributed by atoms with Crippen LogP contribution in [0.1, 0.15) is 16.1 Å². The molecule has 140 valence electrons. The molecule has 0 aliphatic carbocycles. The summed E-state index contributed by atoms with van der Waals surface area (Å²) < 4.78 is 24.6. The first-order valence-electron chi connectivity index (χ1n) is 7.70. The zero-order chi connectivity index (χ0) is 19.6. The fraction of sp³-hybridized carbons (Fsp3) is 0.125. The van der Waals surface area contributed by atoms with E-state index >= 15 is 0 Å². The molecule has 11 heteroatoms. The predicted molar refractivity (Wildman–Crippen MR) is 98.8 cm³/mol. The molecule has 0 unspecified atom stereocenters. The van der Waals surface area contributed by atoms with Crippen molar-refractivity contribution in [1.82, 2.24) is 14.9 Å². The summed E-state index contributed by atoms with van der Waals surface area (Å²) in [7, 11) is -3.29. The van der Waals surface area contributed by atoms with Gasteiger partial charge >= 0.3 is 0 Å². The number of aromatic amines is 1. The summed E-state index contributed by atoms with van der Waals surface area (Å²) in [6, 6.07) is 10.7. The second-order valence-electron chi connectivity index (χ2n) is 5.80. The van der Waals surface area contributed by atoms with Gasteiger partial charge in [0, 0.05) is 29.8 Å².